The number of hydrogen-bond acceptors (Lipinski definition) is 10. The normalized spacial score (nSPS) is 21.4. The predicted octanol–water partition coefficient (Wildman–Crippen LogP) is 8.71. The Balaban J connectivity index is 2.50. The number of aliphatic hydroxyl groups excluding tert-OH is 3. The number of rotatable bonds is 36. The number of carbonyl (C=O) groups is 1. The number of hydrogen-bond donors (Lipinski definition) is 4. The smallest absolute Gasteiger partial charge is 0.457 e. The van der Waals surface area contributed by atoms with Crippen molar-refractivity contribution in [2.24, 2.45) is 5.92 Å². The van der Waals surface area contributed by atoms with Crippen LogP contribution in [0.4, 0.5) is 0 Å². The Labute approximate surface area is 346 Å². The highest BCUT2D eigenvalue weighted by Gasteiger charge is 2.35. The van der Waals surface area contributed by atoms with E-state index in [1.54, 1.807) is 12.2 Å². The van der Waals surface area contributed by atoms with Gasteiger partial charge >= 0.3 is 13.8 Å². The topological polar surface area (TPSA) is 161 Å². The Kier molecular flexibility index (Phi) is 31.3. The first-order valence-corrected chi connectivity index (χ1v) is 23.6. The van der Waals surface area contributed by atoms with Gasteiger partial charge in [0.1, 0.15) is 19.3 Å². The maximum absolute atomic E-state index is 12.8. The first kappa shape index (κ1) is 53.6. The van der Waals surface area contributed by atoms with Crippen molar-refractivity contribution in [2.45, 2.75) is 179 Å². The van der Waals surface area contributed by atoms with Crippen LogP contribution in [-0.2, 0) is 32.6 Å². The van der Waals surface area contributed by atoms with Crippen molar-refractivity contribution in [3.63, 3.8) is 0 Å². The molecule has 0 aromatic carbocycles. The number of ether oxygens (including phenoxy) is 3. The summed E-state index contributed by atoms with van der Waals surface area (Å²) in [6, 6.07) is 0. The molecule has 0 aromatic heterocycles. The van der Waals surface area contributed by atoms with Gasteiger partial charge in [-0.3, -0.25) is 13.8 Å². The van der Waals surface area contributed by atoms with E-state index < -0.39 is 44.5 Å². The second-order valence-electron chi connectivity index (χ2n) is 16.6. The van der Waals surface area contributed by atoms with Crippen LogP contribution in [0.15, 0.2) is 36.5 Å². The average Bonchev–Trinajstić information content (AvgIpc) is 3.14. The molecule has 1 aliphatic heterocycles. The third-order valence-corrected chi connectivity index (χ3v) is 11.0. The summed E-state index contributed by atoms with van der Waals surface area (Å²) < 4.78 is 40.6. The molecule has 13 heteroatoms. The molecule has 7 unspecified atom stereocenters. The van der Waals surface area contributed by atoms with Gasteiger partial charge in [0.15, 0.2) is 6.29 Å². The Morgan fingerprint density at radius 3 is 2.07 bits per heavy atom. The highest BCUT2D eigenvalue weighted by atomic mass is 31.2. The molecule has 0 aromatic rings. The molecule has 0 spiro atoms. The van der Waals surface area contributed by atoms with Gasteiger partial charge in [0.2, 0.25) is 0 Å². The van der Waals surface area contributed by atoms with Gasteiger partial charge < -0.3 is 38.9 Å². The second kappa shape index (κ2) is 33.3. The van der Waals surface area contributed by atoms with Crippen molar-refractivity contribution in [1.29, 1.82) is 0 Å². The molecule has 12 nitrogen and oxygen atoms in total. The number of esters is 1. The van der Waals surface area contributed by atoms with Crippen LogP contribution in [-0.4, -0.2) is 115 Å². The van der Waals surface area contributed by atoms with Gasteiger partial charge in [0.25, 0.3) is 0 Å². The lowest BCUT2D eigenvalue weighted by Gasteiger charge is -2.36. The predicted molar refractivity (Wildman–Crippen MR) is 227 cm³/mol. The summed E-state index contributed by atoms with van der Waals surface area (Å²) in [6.45, 7) is 5.05. The van der Waals surface area contributed by atoms with Crippen LogP contribution < -0.4 is 0 Å². The Hall–Kier alpha value is -1.44. The lowest BCUT2D eigenvalue weighted by molar-refractivity contribution is -0.870. The van der Waals surface area contributed by atoms with E-state index in [0.717, 1.165) is 25.7 Å². The lowest BCUT2D eigenvalue weighted by atomic mass is 9.87. The molecule has 1 heterocycles. The molecular weight excluding hydrogens is 749 g/mol. The van der Waals surface area contributed by atoms with Crippen molar-refractivity contribution >= 4 is 13.8 Å². The molecule has 1 fully saturated rings. The maximum atomic E-state index is 12.8. The molecule has 7 atom stereocenters. The second-order valence-corrected chi connectivity index (χ2v) is 18.0. The number of likely N-dealkylation sites (N-methyl/N-ethyl adjacent to an activating group) is 1. The number of unbranched alkanes of at least 4 members (excludes halogenated alkanes) is 14. The molecule has 4 N–H and O–H groups in total. The fourth-order valence-corrected chi connectivity index (χ4v) is 7.23. The van der Waals surface area contributed by atoms with Crippen LogP contribution in [0.2, 0.25) is 0 Å². The zero-order chi connectivity index (χ0) is 42.2. The number of nitrogens with zero attached hydrogens (tertiary/aromatic N) is 1. The summed E-state index contributed by atoms with van der Waals surface area (Å²) in [4.78, 5) is 23.0. The number of carbonyl (C=O) groups excluding carboxylic acids is 1. The number of phosphoric ester groups is 1. The third kappa shape index (κ3) is 31.2. The summed E-state index contributed by atoms with van der Waals surface area (Å²) in [5.41, 5.74) is 0. The van der Waals surface area contributed by atoms with E-state index >= 15 is 0 Å². The number of phosphoric acid groups is 1. The first-order valence-electron chi connectivity index (χ1n) is 22.1. The number of allylic oxidation sites excluding steroid dienone is 3. The Bertz CT molecular complexity index is 1130. The zero-order valence-electron chi connectivity index (χ0n) is 36.4. The van der Waals surface area contributed by atoms with Gasteiger partial charge in [-0.05, 0) is 38.5 Å². The lowest BCUT2D eigenvalue weighted by Crippen LogP contribution is -2.43. The van der Waals surface area contributed by atoms with Crippen LogP contribution in [0, 0.1) is 5.92 Å². The van der Waals surface area contributed by atoms with Crippen LogP contribution in [0.3, 0.4) is 0 Å². The summed E-state index contributed by atoms with van der Waals surface area (Å²) in [5.74, 6) is -0.757. The van der Waals surface area contributed by atoms with Crippen LogP contribution in [0.1, 0.15) is 149 Å². The highest BCUT2D eigenvalue weighted by molar-refractivity contribution is 7.47. The van der Waals surface area contributed by atoms with E-state index in [0.29, 0.717) is 43.3 Å². The molecule has 1 saturated heterocycles. The molecule has 0 radical (unpaired) electrons. The van der Waals surface area contributed by atoms with E-state index in [1.165, 1.54) is 70.6 Å². The monoisotopic (exact) mass is 833 g/mol. The Morgan fingerprint density at radius 1 is 0.825 bits per heavy atom. The van der Waals surface area contributed by atoms with Gasteiger partial charge in [-0.1, -0.05) is 134 Å². The van der Waals surface area contributed by atoms with Crippen LogP contribution >= 0.6 is 7.82 Å². The molecule has 0 amide bonds. The van der Waals surface area contributed by atoms with Crippen molar-refractivity contribution < 1.29 is 57.3 Å². The average molecular weight is 833 g/mol. The van der Waals surface area contributed by atoms with E-state index in [2.05, 4.69) is 6.92 Å². The van der Waals surface area contributed by atoms with Crippen molar-refractivity contribution in [2.75, 3.05) is 54.1 Å². The van der Waals surface area contributed by atoms with Crippen molar-refractivity contribution in [3.05, 3.63) is 36.5 Å². The van der Waals surface area contributed by atoms with Crippen LogP contribution in [0.25, 0.3) is 0 Å². The minimum absolute atomic E-state index is 0.0387. The van der Waals surface area contributed by atoms with Crippen molar-refractivity contribution in [3.8, 4) is 0 Å². The van der Waals surface area contributed by atoms with E-state index in [9.17, 15) is 29.6 Å². The molecule has 1 rings (SSSR count). The Morgan fingerprint density at radius 2 is 1.46 bits per heavy atom. The third-order valence-electron chi connectivity index (χ3n) is 9.99. The molecule has 0 saturated carbocycles. The maximum Gasteiger partial charge on any atom is 0.472 e. The summed E-state index contributed by atoms with van der Waals surface area (Å²) in [6.07, 6.45) is 28.1. The fourth-order valence-electron chi connectivity index (χ4n) is 6.49. The largest absolute Gasteiger partial charge is 0.472 e. The van der Waals surface area contributed by atoms with Gasteiger partial charge in [-0.2, -0.15) is 0 Å². The summed E-state index contributed by atoms with van der Waals surface area (Å²) >= 11 is 0. The summed E-state index contributed by atoms with van der Waals surface area (Å²) in [7, 11) is 1.50. The summed E-state index contributed by atoms with van der Waals surface area (Å²) in [5, 5.41) is 31.0. The first-order chi connectivity index (χ1) is 27.3. The number of aliphatic hydroxyl groups is 3. The van der Waals surface area contributed by atoms with Gasteiger partial charge in [0, 0.05) is 25.4 Å². The minimum Gasteiger partial charge on any atom is -0.457 e. The molecule has 1 aliphatic rings. The van der Waals surface area contributed by atoms with E-state index in [1.807, 2.05) is 52.4 Å². The molecule has 334 valence electrons. The molecule has 0 aliphatic carbocycles. The van der Waals surface area contributed by atoms with Gasteiger partial charge in [0.05, 0.1) is 52.7 Å². The highest BCUT2D eigenvalue weighted by Crippen LogP contribution is 2.43. The molecule has 0 bridgehead atoms. The standard InChI is InChI=1S/C44H82NO11P/c1-6-8-10-11-12-13-14-15-16-17-18-19-22-26-33-52-36-39(37-54-57(50,51)53-34-32-45(3,4)5)55-43(48)29-25-21-20-24-28-40-41(47)35-44(49)56-42(40)31-30-38(46)27-23-9-7-2/h9,20,23-24,30-31,38-42,44,46-47,49H,6-8,10-19,21-22,25-29,32-37H2,1-5H3/p+1/b23-9-,24-20-,31-30+. The van der Waals surface area contributed by atoms with Crippen molar-refractivity contribution in [1.82, 2.24) is 0 Å². The van der Waals surface area contributed by atoms with E-state index in [4.69, 9.17) is 23.3 Å². The van der Waals surface area contributed by atoms with E-state index in [-0.39, 0.29) is 38.6 Å². The fraction of sp³-hybridized carbons (Fsp3) is 0.841. The SMILES string of the molecule is CC/C=C\CC(O)/C=C/C1OC(O)CC(O)C1C/C=C\CCCC(=O)OC(COCCCCCCCCCCCCCCCC)COP(=O)(O)OCC[N+](C)(C)C. The quantitative estimate of drug-likeness (QED) is 0.0157. The minimum atomic E-state index is -4.35. The van der Waals surface area contributed by atoms with Crippen LogP contribution in [0.5, 0.6) is 0 Å². The van der Waals surface area contributed by atoms with Gasteiger partial charge in [-0.15, -0.1) is 0 Å². The van der Waals surface area contributed by atoms with Gasteiger partial charge in [-0.25, -0.2) is 4.57 Å². The number of quaternary nitrogens is 1. The molecular formula is C44H83NO11P+. The molecule has 57 heavy (non-hydrogen) atoms. The zero-order valence-corrected chi connectivity index (χ0v) is 37.2.